The van der Waals surface area contributed by atoms with E-state index in [1.807, 2.05) is 17.0 Å². The van der Waals surface area contributed by atoms with Gasteiger partial charge in [-0.1, -0.05) is 12.1 Å². The Morgan fingerprint density at radius 2 is 2.10 bits per heavy atom. The lowest BCUT2D eigenvalue weighted by molar-refractivity contribution is -0.129. The van der Waals surface area contributed by atoms with E-state index in [1.54, 1.807) is 14.2 Å². The van der Waals surface area contributed by atoms with E-state index in [0.717, 1.165) is 25.3 Å². The number of ether oxygens (including phenoxy) is 2. The number of rotatable bonds is 7. The number of carbonyl (C=O) groups is 1. The van der Waals surface area contributed by atoms with Crippen molar-refractivity contribution in [2.24, 2.45) is 0 Å². The number of nitrogens with zero attached hydrogens (tertiary/aromatic N) is 1. The smallest absolute Gasteiger partial charge is 0.236 e. The lowest BCUT2D eigenvalue weighted by atomic mass is 9.98. The summed E-state index contributed by atoms with van der Waals surface area (Å²) in [7, 11) is 3.32. The van der Waals surface area contributed by atoms with Crippen molar-refractivity contribution < 1.29 is 14.3 Å². The topological polar surface area (TPSA) is 50.8 Å². The SMILES string of the molecule is COCCNCC(=O)N1CCC(c2ccc(OC)cc2)C1. The van der Waals surface area contributed by atoms with Crippen LogP contribution < -0.4 is 10.1 Å². The predicted molar refractivity (Wildman–Crippen MR) is 81.7 cm³/mol. The number of nitrogens with one attached hydrogen (secondary N) is 1. The number of likely N-dealkylation sites (tertiary alicyclic amines) is 1. The molecule has 1 unspecified atom stereocenters. The van der Waals surface area contributed by atoms with Gasteiger partial charge < -0.3 is 19.7 Å². The van der Waals surface area contributed by atoms with Gasteiger partial charge in [-0.2, -0.15) is 0 Å². The number of hydrogen-bond donors (Lipinski definition) is 1. The van der Waals surface area contributed by atoms with Gasteiger partial charge in [0.2, 0.25) is 5.91 Å². The molecular formula is C16H24N2O3. The fraction of sp³-hybridized carbons (Fsp3) is 0.562. The molecule has 1 aromatic carbocycles. The fourth-order valence-corrected chi connectivity index (χ4v) is 2.62. The zero-order valence-corrected chi connectivity index (χ0v) is 12.8. The Balaban J connectivity index is 1.80. The highest BCUT2D eigenvalue weighted by Crippen LogP contribution is 2.28. The van der Waals surface area contributed by atoms with Crippen LogP contribution in [0.5, 0.6) is 5.75 Å². The third kappa shape index (κ3) is 4.44. The molecular weight excluding hydrogens is 268 g/mol. The molecule has 0 bridgehead atoms. The van der Waals surface area contributed by atoms with Crippen LogP contribution in [0.2, 0.25) is 0 Å². The first-order valence-corrected chi connectivity index (χ1v) is 7.36. The Bertz CT molecular complexity index is 447. The second-order valence-corrected chi connectivity index (χ2v) is 5.27. The molecule has 21 heavy (non-hydrogen) atoms. The van der Waals surface area contributed by atoms with Crippen molar-refractivity contribution >= 4 is 5.91 Å². The van der Waals surface area contributed by atoms with Gasteiger partial charge in [-0.3, -0.25) is 4.79 Å². The molecule has 1 amide bonds. The minimum Gasteiger partial charge on any atom is -0.497 e. The first-order chi connectivity index (χ1) is 10.2. The molecule has 5 nitrogen and oxygen atoms in total. The summed E-state index contributed by atoms with van der Waals surface area (Å²) in [5.74, 6) is 1.47. The molecule has 0 aliphatic carbocycles. The zero-order valence-electron chi connectivity index (χ0n) is 12.8. The maximum Gasteiger partial charge on any atom is 0.236 e. The van der Waals surface area contributed by atoms with Crippen molar-refractivity contribution in [2.75, 3.05) is 47.0 Å². The van der Waals surface area contributed by atoms with E-state index >= 15 is 0 Å². The van der Waals surface area contributed by atoms with Gasteiger partial charge in [0.15, 0.2) is 0 Å². The Morgan fingerprint density at radius 3 is 2.76 bits per heavy atom. The molecule has 0 radical (unpaired) electrons. The molecule has 2 rings (SSSR count). The van der Waals surface area contributed by atoms with Gasteiger partial charge in [-0.15, -0.1) is 0 Å². The number of carbonyl (C=O) groups excluding carboxylic acids is 1. The molecule has 0 aromatic heterocycles. The minimum absolute atomic E-state index is 0.169. The third-order valence-electron chi connectivity index (χ3n) is 3.89. The summed E-state index contributed by atoms with van der Waals surface area (Å²) in [6.07, 6.45) is 1.02. The zero-order chi connectivity index (χ0) is 15.1. The largest absolute Gasteiger partial charge is 0.497 e. The maximum atomic E-state index is 12.1. The highest BCUT2D eigenvalue weighted by atomic mass is 16.5. The van der Waals surface area contributed by atoms with Gasteiger partial charge in [-0.25, -0.2) is 0 Å². The average Bonchev–Trinajstić information content (AvgIpc) is 3.01. The van der Waals surface area contributed by atoms with Gasteiger partial charge in [0, 0.05) is 32.7 Å². The van der Waals surface area contributed by atoms with Crippen LogP contribution in [0.1, 0.15) is 17.9 Å². The number of benzene rings is 1. The van der Waals surface area contributed by atoms with E-state index in [1.165, 1.54) is 5.56 Å². The van der Waals surface area contributed by atoms with E-state index in [0.29, 0.717) is 25.6 Å². The van der Waals surface area contributed by atoms with Crippen LogP contribution in [-0.4, -0.2) is 57.8 Å². The van der Waals surface area contributed by atoms with Crippen LogP contribution in [0.3, 0.4) is 0 Å². The van der Waals surface area contributed by atoms with Crippen molar-refractivity contribution in [1.29, 1.82) is 0 Å². The third-order valence-corrected chi connectivity index (χ3v) is 3.89. The van der Waals surface area contributed by atoms with Gasteiger partial charge in [-0.05, 0) is 24.1 Å². The minimum atomic E-state index is 0.169. The maximum absolute atomic E-state index is 12.1. The van der Waals surface area contributed by atoms with Crippen LogP contribution in [0, 0.1) is 0 Å². The van der Waals surface area contributed by atoms with Crippen LogP contribution in [-0.2, 0) is 9.53 Å². The summed E-state index contributed by atoms with van der Waals surface area (Å²) in [6, 6.07) is 8.14. The summed E-state index contributed by atoms with van der Waals surface area (Å²) in [5, 5.41) is 3.10. The second kappa shape index (κ2) is 8.00. The second-order valence-electron chi connectivity index (χ2n) is 5.27. The van der Waals surface area contributed by atoms with Crippen LogP contribution in [0.25, 0.3) is 0 Å². The standard InChI is InChI=1S/C16H24N2O3/c1-20-10-8-17-11-16(19)18-9-7-14(12-18)13-3-5-15(21-2)6-4-13/h3-6,14,17H,7-12H2,1-2H3. The Morgan fingerprint density at radius 1 is 1.33 bits per heavy atom. The van der Waals surface area contributed by atoms with E-state index < -0.39 is 0 Å². The van der Waals surface area contributed by atoms with Gasteiger partial charge in [0.05, 0.1) is 20.3 Å². The lowest BCUT2D eigenvalue weighted by Crippen LogP contribution is -2.37. The average molecular weight is 292 g/mol. The molecule has 1 aliphatic heterocycles. The first kappa shape index (κ1) is 15.8. The van der Waals surface area contributed by atoms with Crippen molar-refractivity contribution in [2.45, 2.75) is 12.3 Å². The Hall–Kier alpha value is -1.59. The molecule has 1 saturated heterocycles. The molecule has 1 heterocycles. The highest BCUT2D eigenvalue weighted by Gasteiger charge is 2.26. The quantitative estimate of drug-likeness (QED) is 0.768. The summed E-state index contributed by atoms with van der Waals surface area (Å²) in [5.41, 5.74) is 1.28. The first-order valence-electron chi connectivity index (χ1n) is 7.36. The van der Waals surface area contributed by atoms with E-state index in [2.05, 4.69) is 17.4 Å². The number of hydrogen-bond acceptors (Lipinski definition) is 4. The summed E-state index contributed by atoms with van der Waals surface area (Å²) in [4.78, 5) is 14.0. The molecule has 1 N–H and O–H groups in total. The summed E-state index contributed by atoms with van der Waals surface area (Å²) in [6.45, 7) is 3.36. The Kier molecular flexibility index (Phi) is 6.02. The number of methoxy groups -OCH3 is 2. The van der Waals surface area contributed by atoms with Crippen molar-refractivity contribution in [1.82, 2.24) is 10.2 Å². The van der Waals surface area contributed by atoms with Crippen LogP contribution in [0.4, 0.5) is 0 Å². The van der Waals surface area contributed by atoms with Gasteiger partial charge in [0.1, 0.15) is 5.75 Å². The molecule has 116 valence electrons. The Labute approximate surface area is 126 Å². The van der Waals surface area contributed by atoms with Crippen LogP contribution in [0.15, 0.2) is 24.3 Å². The summed E-state index contributed by atoms with van der Waals surface area (Å²) >= 11 is 0. The molecule has 0 spiro atoms. The lowest BCUT2D eigenvalue weighted by Gasteiger charge is -2.17. The van der Waals surface area contributed by atoms with E-state index in [4.69, 9.17) is 9.47 Å². The highest BCUT2D eigenvalue weighted by molar-refractivity contribution is 5.78. The van der Waals surface area contributed by atoms with Gasteiger partial charge in [0.25, 0.3) is 0 Å². The summed E-state index contributed by atoms with van der Waals surface area (Å²) < 4.78 is 10.1. The van der Waals surface area contributed by atoms with Crippen LogP contribution >= 0.6 is 0 Å². The molecule has 1 fully saturated rings. The number of amides is 1. The molecule has 1 atom stereocenters. The molecule has 1 aliphatic rings. The fourth-order valence-electron chi connectivity index (χ4n) is 2.62. The van der Waals surface area contributed by atoms with E-state index in [-0.39, 0.29) is 5.91 Å². The van der Waals surface area contributed by atoms with Crippen molar-refractivity contribution in [3.8, 4) is 5.75 Å². The predicted octanol–water partition coefficient (Wildman–Crippen LogP) is 1.25. The molecule has 1 aromatic rings. The van der Waals surface area contributed by atoms with Gasteiger partial charge >= 0.3 is 0 Å². The molecule has 0 saturated carbocycles. The van der Waals surface area contributed by atoms with E-state index in [9.17, 15) is 4.79 Å². The van der Waals surface area contributed by atoms with Crippen molar-refractivity contribution in [3.05, 3.63) is 29.8 Å². The molecule has 5 heteroatoms. The monoisotopic (exact) mass is 292 g/mol. The normalized spacial score (nSPS) is 18.0. The van der Waals surface area contributed by atoms with Crippen molar-refractivity contribution in [3.63, 3.8) is 0 Å².